The number of ether oxygens (including phenoxy) is 1. The second kappa shape index (κ2) is 5.26. The number of carbonyl (C=O) groups excluding carboxylic acids is 2. The van der Waals surface area contributed by atoms with Crippen LogP contribution in [-0.2, 0) is 4.74 Å². The molecule has 4 heteroatoms. The fraction of sp³-hybridized carbons (Fsp3) is 0.529. The smallest absolute Gasteiger partial charge is 0.261 e. The number of nitrogens with zero attached hydrogens (tertiary/aromatic N) is 1. The van der Waals surface area contributed by atoms with Crippen LogP contribution in [0.4, 0.5) is 0 Å². The van der Waals surface area contributed by atoms with Gasteiger partial charge in [-0.15, -0.1) is 0 Å². The van der Waals surface area contributed by atoms with E-state index in [0.717, 1.165) is 25.7 Å². The Morgan fingerprint density at radius 1 is 1.14 bits per heavy atom. The number of epoxide rings is 1. The average Bonchev–Trinajstić information content (AvgIpc) is 3.18. The third kappa shape index (κ3) is 2.27. The van der Waals surface area contributed by atoms with Gasteiger partial charge in [0.25, 0.3) is 11.8 Å². The lowest BCUT2D eigenvalue weighted by atomic mass is 9.95. The summed E-state index contributed by atoms with van der Waals surface area (Å²) >= 11 is 0. The summed E-state index contributed by atoms with van der Waals surface area (Å²) in [5.41, 5.74) is 1.05. The van der Waals surface area contributed by atoms with Gasteiger partial charge in [0.2, 0.25) is 0 Å². The molecule has 2 unspecified atom stereocenters. The highest BCUT2D eigenvalue weighted by Gasteiger charge is 2.52. The number of imide groups is 1. The highest BCUT2D eigenvalue weighted by atomic mass is 16.6. The minimum atomic E-state index is -0.162. The van der Waals surface area contributed by atoms with Crippen molar-refractivity contribution >= 4 is 11.8 Å². The summed E-state index contributed by atoms with van der Waals surface area (Å²) in [6.45, 7) is 4.75. The van der Waals surface area contributed by atoms with Crippen LogP contribution in [0.25, 0.3) is 0 Å². The van der Waals surface area contributed by atoms with E-state index in [-0.39, 0.29) is 17.4 Å². The van der Waals surface area contributed by atoms with E-state index in [1.54, 1.807) is 24.3 Å². The molecule has 0 N–H and O–H groups in total. The summed E-state index contributed by atoms with van der Waals surface area (Å²) in [7, 11) is 0. The predicted octanol–water partition coefficient (Wildman–Crippen LogP) is 3.02. The molecule has 21 heavy (non-hydrogen) atoms. The lowest BCUT2D eigenvalue weighted by Gasteiger charge is -2.15. The normalized spacial score (nSPS) is 27.1. The van der Waals surface area contributed by atoms with Crippen LogP contribution in [0, 0.1) is 0 Å². The standard InChI is InChI=1S/C17H21NO3/c1-3-14-17(4-2,21-14)10-7-11-18-15(19)12-8-5-6-9-13(12)16(18)20/h5-6,8-9,14H,3-4,7,10-11H2,1-2H3. The molecule has 2 aliphatic heterocycles. The van der Waals surface area contributed by atoms with E-state index in [1.807, 2.05) is 0 Å². The van der Waals surface area contributed by atoms with Crippen LogP contribution < -0.4 is 0 Å². The highest BCUT2D eigenvalue weighted by molar-refractivity contribution is 6.21. The zero-order valence-corrected chi connectivity index (χ0v) is 12.6. The van der Waals surface area contributed by atoms with Crippen molar-refractivity contribution in [2.24, 2.45) is 0 Å². The van der Waals surface area contributed by atoms with Gasteiger partial charge in [-0.3, -0.25) is 14.5 Å². The topological polar surface area (TPSA) is 49.9 Å². The predicted molar refractivity (Wildman–Crippen MR) is 79.2 cm³/mol. The molecule has 1 aromatic rings. The van der Waals surface area contributed by atoms with Gasteiger partial charge < -0.3 is 4.74 Å². The van der Waals surface area contributed by atoms with Crippen LogP contribution in [0.5, 0.6) is 0 Å². The maximum Gasteiger partial charge on any atom is 0.261 e. The van der Waals surface area contributed by atoms with E-state index < -0.39 is 0 Å². The maximum absolute atomic E-state index is 12.2. The van der Waals surface area contributed by atoms with E-state index >= 15 is 0 Å². The van der Waals surface area contributed by atoms with Crippen molar-refractivity contribution in [3.05, 3.63) is 35.4 Å². The van der Waals surface area contributed by atoms with Crippen LogP contribution >= 0.6 is 0 Å². The van der Waals surface area contributed by atoms with Crippen molar-refractivity contribution in [3.8, 4) is 0 Å². The molecule has 0 spiro atoms. The van der Waals surface area contributed by atoms with E-state index in [9.17, 15) is 9.59 Å². The molecule has 112 valence electrons. The lowest BCUT2D eigenvalue weighted by molar-refractivity contribution is 0.0647. The SMILES string of the molecule is CCC1OC1(CC)CCCN1C(=O)c2ccccc2C1=O. The first-order chi connectivity index (χ1) is 10.1. The van der Waals surface area contributed by atoms with Gasteiger partial charge in [0.15, 0.2) is 0 Å². The third-order valence-electron chi connectivity index (χ3n) is 4.74. The van der Waals surface area contributed by atoms with Crippen LogP contribution in [0.3, 0.4) is 0 Å². The van der Waals surface area contributed by atoms with Crippen molar-refractivity contribution in [1.29, 1.82) is 0 Å². The monoisotopic (exact) mass is 287 g/mol. The van der Waals surface area contributed by atoms with Crippen LogP contribution in [0.15, 0.2) is 24.3 Å². The Hall–Kier alpha value is -1.68. The number of carbonyl (C=O) groups is 2. The summed E-state index contributed by atoms with van der Waals surface area (Å²) in [6.07, 6.45) is 4.09. The third-order valence-corrected chi connectivity index (χ3v) is 4.74. The molecule has 3 rings (SSSR count). The van der Waals surface area contributed by atoms with Crippen molar-refractivity contribution in [2.75, 3.05) is 6.54 Å². The molecule has 1 fully saturated rings. The zero-order chi connectivity index (χ0) is 15.0. The number of hydrogen-bond donors (Lipinski definition) is 0. The number of amides is 2. The van der Waals surface area contributed by atoms with Gasteiger partial charge in [0.1, 0.15) is 0 Å². The van der Waals surface area contributed by atoms with Gasteiger partial charge >= 0.3 is 0 Å². The molecule has 0 bridgehead atoms. The molecule has 4 nitrogen and oxygen atoms in total. The maximum atomic E-state index is 12.2. The van der Waals surface area contributed by atoms with Gasteiger partial charge in [-0.05, 0) is 37.8 Å². The summed E-state index contributed by atoms with van der Waals surface area (Å²) in [6, 6.07) is 7.04. The molecule has 0 aromatic heterocycles. The van der Waals surface area contributed by atoms with Gasteiger partial charge in [0.05, 0.1) is 22.8 Å². The Morgan fingerprint density at radius 3 is 2.24 bits per heavy atom. The van der Waals surface area contributed by atoms with Crippen LogP contribution in [-0.4, -0.2) is 35.0 Å². The lowest BCUT2D eigenvalue weighted by Crippen LogP contribution is -2.31. The Balaban J connectivity index is 1.60. The molecule has 0 aliphatic carbocycles. The van der Waals surface area contributed by atoms with E-state index in [4.69, 9.17) is 4.74 Å². The molecule has 1 saturated heterocycles. The molecule has 0 radical (unpaired) electrons. The quantitative estimate of drug-likeness (QED) is 0.597. The van der Waals surface area contributed by atoms with Crippen molar-refractivity contribution in [3.63, 3.8) is 0 Å². The largest absolute Gasteiger partial charge is 0.366 e. The van der Waals surface area contributed by atoms with E-state index in [0.29, 0.717) is 23.8 Å². The minimum absolute atomic E-state index is 0.00653. The van der Waals surface area contributed by atoms with Gasteiger partial charge in [-0.2, -0.15) is 0 Å². The molecular weight excluding hydrogens is 266 g/mol. The summed E-state index contributed by atoms with van der Waals surface area (Å²) in [5.74, 6) is -0.324. The summed E-state index contributed by atoms with van der Waals surface area (Å²) in [4.78, 5) is 25.9. The van der Waals surface area contributed by atoms with Crippen molar-refractivity contribution in [2.45, 2.75) is 51.2 Å². The second-order valence-corrected chi connectivity index (χ2v) is 5.84. The zero-order valence-electron chi connectivity index (χ0n) is 12.6. The van der Waals surface area contributed by atoms with Gasteiger partial charge in [-0.25, -0.2) is 0 Å². The molecule has 2 heterocycles. The van der Waals surface area contributed by atoms with E-state index in [2.05, 4.69) is 13.8 Å². The first-order valence-electron chi connectivity index (χ1n) is 7.76. The number of rotatable bonds is 6. The molecule has 0 saturated carbocycles. The number of benzene rings is 1. The van der Waals surface area contributed by atoms with Crippen molar-refractivity contribution < 1.29 is 14.3 Å². The fourth-order valence-electron chi connectivity index (χ4n) is 3.39. The highest BCUT2D eigenvalue weighted by Crippen LogP contribution is 2.45. The fourth-order valence-corrected chi connectivity index (χ4v) is 3.39. The number of fused-ring (bicyclic) bond motifs is 1. The Morgan fingerprint density at radius 2 is 1.76 bits per heavy atom. The van der Waals surface area contributed by atoms with Crippen LogP contribution in [0.2, 0.25) is 0 Å². The molecule has 2 atom stereocenters. The Kier molecular flexibility index (Phi) is 3.57. The average molecular weight is 287 g/mol. The van der Waals surface area contributed by atoms with Crippen molar-refractivity contribution in [1.82, 2.24) is 4.90 Å². The summed E-state index contributed by atoms with van der Waals surface area (Å²) < 4.78 is 5.79. The van der Waals surface area contributed by atoms with E-state index in [1.165, 1.54) is 4.90 Å². The Labute approximate surface area is 125 Å². The first-order valence-corrected chi connectivity index (χ1v) is 7.76. The molecule has 2 amide bonds. The van der Waals surface area contributed by atoms with Gasteiger partial charge in [-0.1, -0.05) is 26.0 Å². The molecule has 1 aromatic carbocycles. The molecular formula is C17H21NO3. The van der Waals surface area contributed by atoms with Gasteiger partial charge in [0, 0.05) is 6.54 Å². The van der Waals surface area contributed by atoms with Crippen LogP contribution in [0.1, 0.15) is 60.2 Å². The summed E-state index contributed by atoms with van der Waals surface area (Å²) in [5, 5.41) is 0. The molecule has 2 aliphatic rings. The minimum Gasteiger partial charge on any atom is -0.366 e. The second-order valence-electron chi connectivity index (χ2n) is 5.84. The Bertz CT molecular complexity index is 548. The number of hydrogen-bond acceptors (Lipinski definition) is 3. The first kappa shape index (κ1) is 14.3.